The highest BCUT2D eigenvalue weighted by Gasteiger charge is 2.16. The minimum absolute atomic E-state index is 0.0664. The molecule has 0 atom stereocenters. The molecule has 0 fully saturated rings. The molecule has 0 aliphatic heterocycles. The SMILES string of the molecule is Cc1cc(C)c(C(=O)Oc2ccc(C(=O)c3ccccc3O)cc2)c(C)c1. The van der Waals surface area contributed by atoms with Crippen molar-refractivity contribution in [3.05, 3.63) is 94.0 Å². The molecule has 0 unspecified atom stereocenters. The van der Waals surface area contributed by atoms with Crippen LogP contribution in [0.4, 0.5) is 0 Å². The van der Waals surface area contributed by atoms with Gasteiger partial charge in [0.2, 0.25) is 0 Å². The van der Waals surface area contributed by atoms with E-state index in [0.29, 0.717) is 16.9 Å². The van der Waals surface area contributed by atoms with Gasteiger partial charge in [-0.05, 0) is 68.3 Å². The van der Waals surface area contributed by atoms with Crippen molar-refractivity contribution in [2.75, 3.05) is 0 Å². The van der Waals surface area contributed by atoms with Gasteiger partial charge in [-0.2, -0.15) is 0 Å². The lowest BCUT2D eigenvalue weighted by Gasteiger charge is -2.11. The molecule has 0 saturated carbocycles. The van der Waals surface area contributed by atoms with E-state index in [1.54, 1.807) is 42.5 Å². The number of ether oxygens (including phenoxy) is 1. The summed E-state index contributed by atoms with van der Waals surface area (Å²) in [6.45, 7) is 5.74. The Hall–Kier alpha value is -3.40. The van der Waals surface area contributed by atoms with Gasteiger partial charge in [-0.3, -0.25) is 4.79 Å². The summed E-state index contributed by atoms with van der Waals surface area (Å²) in [7, 11) is 0. The predicted octanol–water partition coefficient (Wildman–Crippen LogP) is 4.77. The van der Waals surface area contributed by atoms with Gasteiger partial charge in [0.05, 0.1) is 11.1 Å². The molecule has 0 aliphatic carbocycles. The molecular weight excluding hydrogens is 340 g/mol. The molecule has 0 aliphatic rings. The topological polar surface area (TPSA) is 63.6 Å². The van der Waals surface area contributed by atoms with Crippen molar-refractivity contribution >= 4 is 11.8 Å². The number of esters is 1. The molecule has 0 heterocycles. The molecule has 4 nitrogen and oxygen atoms in total. The number of phenolic OH excluding ortho intramolecular Hbond substituents is 1. The highest BCUT2D eigenvalue weighted by Crippen LogP contribution is 2.23. The highest BCUT2D eigenvalue weighted by molar-refractivity contribution is 6.10. The van der Waals surface area contributed by atoms with Crippen LogP contribution in [0.2, 0.25) is 0 Å². The monoisotopic (exact) mass is 360 g/mol. The highest BCUT2D eigenvalue weighted by atomic mass is 16.5. The summed E-state index contributed by atoms with van der Waals surface area (Å²) >= 11 is 0. The first-order chi connectivity index (χ1) is 12.9. The second-order valence-electron chi connectivity index (χ2n) is 6.53. The summed E-state index contributed by atoms with van der Waals surface area (Å²) in [5, 5.41) is 9.82. The maximum atomic E-state index is 12.5. The van der Waals surface area contributed by atoms with Crippen LogP contribution >= 0.6 is 0 Å². The van der Waals surface area contributed by atoms with E-state index in [2.05, 4.69) is 0 Å². The van der Waals surface area contributed by atoms with Gasteiger partial charge in [0.25, 0.3) is 0 Å². The van der Waals surface area contributed by atoms with Crippen LogP contribution in [-0.4, -0.2) is 16.9 Å². The Balaban J connectivity index is 1.80. The third-order valence-corrected chi connectivity index (χ3v) is 4.36. The zero-order valence-corrected chi connectivity index (χ0v) is 15.4. The molecule has 3 rings (SSSR count). The second kappa shape index (κ2) is 7.46. The van der Waals surface area contributed by atoms with Gasteiger partial charge < -0.3 is 9.84 Å². The standard InChI is InChI=1S/C23H20O4/c1-14-12-15(2)21(16(3)13-14)23(26)27-18-10-8-17(9-11-18)22(25)19-6-4-5-7-20(19)24/h4-13,24H,1-3H3. The Kier molecular flexibility index (Phi) is 5.08. The zero-order chi connectivity index (χ0) is 19.6. The zero-order valence-electron chi connectivity index (χ0n) is 15.4. The molecule has 0 spiro atoms. The van der Waals surface area contributed by atoms with Crippen molar-refractivity contribution in [3.63, 3.8) is 0 Å². The summed E-state index contributed by atoms with van der Waals surface area (Å²) in [6.07, 6.45) is 0. The lowest BCUT2D eigenvalue weighted by atomic mass is 10.00. The summed E-state index contributed by atoms with van der Waals surface area (Å²) in [4.78, 5) is 25.0. The third kappa shape index (κ3) is 3.90. The molecule has 4 heteroatoms. The van der Waals surface area contributed by atoms with Crippen molar-refractivity contribution in [2.24, 2.45) is 0 Å². The summed E-state index contributed by atoms with van der Waals surface area (Å²) < 4.78 is 5.47. The molecule has 3 aromatic rings. The number of aryl methyl sites for hydroxylation is 3. The molecule has 136 valence electrons. The fourth-order valence-electron chi connectivity index (χ4n) is 3.16. The number of ketones is 1. The number of aromatic hydroxyl groups is 1. The Morgan fingerprint density at radius 1 is 0.852 bits per heavy atom. The van der Waals surface area contributed by atoms with E-state index in [9.17, 15) is 14.7 Å². The van der Waals surface area contributed by atoms with Gasteiger partial charge in [-0.25, -0.2) is 4.79 Å². The smallest absolute Gasteiger partial charge is 0.344 e. The number of phenols is 1. The lowest BCUT2D eigenvalue weighted by molar-refractivity contribution is 0.0733. The Morgan fingerprint density at radius 2 is 1.44 bits per heavy atom. The molecule has 0 aromatic heterocycles. The summed E-state index contributed by atoms with van der Waals surface area (Å²) in [5.41, 5.74) is 4.00. The summed E-state index contributed by atoms with van der Waals surface area (Å²) in [6, 6.07) is 16.6. The molecule has 0 amide bonds. The maximum absolute atomic E-state index is 12.5. The molecule has 27 heavy (non-hydrogen) atoms. The number of para-hydroxylation sites is 1. The third-order valence-electron chi connectivity index (χ3n) is 4.36. The van der Waals surface area contributed by atoms with E-state index < -0.39 is 5.97 Å². The first-order valence-corrected chi connectivity index (χ1v) is 8.59. The first-order valence-electron chi connectivity index (χ1n) is 8.59. The van der Waals surface area contributed by atoms with Crippen LogP contribution < -0.4 is 4.74 Å². The minimum atomic E-state index is -0.426. The molecule has 3 aromatic carbocycles. The molecule has 0 radical (unpaired) electrons. The van der Waals surface area contributed by atoms with Crippen LogP contribution in [0.25, 0.3) is 0 Å². The number of hydrogen-bond donors (Lipinski definition) is 1. The van der Waals surface area contributed by atoms with Gasteiger partial charge in [-0.15, -0.1) is 0 Å². The van der Waals surface area contributed by atoms with Crippen molar-refractivity contribution in [3.8, 4) is 11.5 Å². The predicted molar refractivity (Wildman–Crippen MR) is 104 cm³/mol. The molecule has 1 N–H and O–H groups in total. The number of rotatable bonds is 4. The molecule has 0 saturated heterocycles. The van der Waals surface area contributed by atoms with Crippen LogP contribution in [0, 0.1) is 20.8 Å². The fraction of sp³-hybridized carbons (Fsp3) is 0.130. The van der Waals surface area contributed by atoms with Crippen LogP contribution in [0.1, 0.15) is 43.0 Å². The van der Waals surface area contributed by atoms with Gasteiger partial charge in [0, 0.05) is 5.56 Å². The van der Waals surface area contributed by atoms with Crippen LogP contribution in [0.3, 0.4) is 0 Å². The number of hydrogen-bond acceptors (Lipinski definition) is 4. The maximum Gasteiger partial charge on any atom is 0.344 e. The van der Waals surface area contributed by atoms with Gasteiger partial charge in [0.15, 0.2) is 5.78 Å². The van der Waals surface area contributed by atoms with E-state index in [4.69, 9.17) is 4.74 Å². The minimum Gasteiger partial charge on any atom is -0.507 e. The van der Waals surface area contributed by atoms with Crippen molar-refractivity contribution in [2.45, 2.75) is 20.8 Å². The molecule has 0 bridgehead atoms. The second-order valence-corrected chi connectivity index (χ2v) is 6.53. The van der Waals surface area contributed by atoms with Crippen molar-refractivity contribution < 1.29 is 19.4 Å². The van der Waals surface area contributed by atoms with Crippen LogP contribution in [0.5, 0.6) is 11.5 Å². The Morgan fingerprint density at radius 3 is 2.04 bits per heavy atom. The van der Waals surface area contributed by atoms with E-state index >= 15 is 0 Å². The van der Waals surface area contributed by atoms with Gasteiger partial charge in [-0.1, -0.05) is 29.8 Å². The fourth-order valence-corrected chi connectivity index (χ4v) is 3.16. The number of carbonyl (C=O) groups is 2. The van der Waals surface area contributed by atoms with E-state index in [0.717, 1.165) is 16.7 Å². The number of carbonyl (C=O) groups excluding carboxylic acids is 2. The van der Waals surface area contributed by atoms with E-state index in [1.165, 1.54) is 6.07 Å². The van der Waals surface area contributed by atoms with E-state index in [1.807, 2.05) is 32.9 Å². The average Bonchev–Trinajstić information content (AvgIpc) is 2.61. The molecular formula is C23H20O4. The normalized spacial score (nSPS) is 10.5. The van der Waals surface area contributed by atoms with Crippen molar-refractivity contribution in [1.29, 1.82) is 0 Å². The number of benzene rings is 3. The van der Waals surface area contributed by atoms with E-state index in [-0.39, 0.29) is 17.1 Å². The van der Waals surface area contributed by atoms with Crippen LogP contribution in [0.15, 0.2) is 60.7 Å². The van der Waals surface area contributed by atoms with Crippen molar-refractivity contribution in [1.82, 2.24) is 0 Å². The Labute approximate surface area is 158 Å². The first kappa shape index (κ1) is 18.4. The van der Waals surface area contributed by atoms with Gasteiger partial charge in [0.1, 0.15) is 11.5 Å². The largest absolute Gasteiger partial charge is 0.507 e. The Bertz CT molecular complexity index is 994. The lowest BCUT2D eigenvalue weighted by Crippen LogP contribution is -2.12. The van der Waals surface area contributed by atoms with Gasteiger partial charge >= 0.3 is 5.97 Å². The quantitative estimate of drug-likeness (QED) is 0.414. The average molecular weight is 360 g/mol. The van der Waals surface area contributed by atoms with Crippen LogP contribution in [-0.2, 0) is 0 Å². The summed E-state index contributed by atoms with van der Waals surface area (Å²) in [5.74, 6) is -0.433.